The van der Waals surface area contributed by atoms with Crippen LogP contribution in [0, 0.1) is 11.8 Å². The molecule has 2 saturated carbocycles. The Morgan fingerprint density at radius 3 is 2.58 bits per heavy atom. The van der Waals surface area contributed by atoms with E-state index < -0.39 is 0 Å². The molecule has 0 bridgehead atoms. The third kappa shape index (κ3) is 2.69. The molecule has 2 aliphatic rings. The average molecular weight is 319 g/mol. The van der Waals surface area contributed by atoms with Crippen LogP contribution in [0.1, 0.15) is 44.1 Å². The Hall–Kier alpha value is -0.890. The topological polar surface area (TPSA) is 17.1 Å². The van der Waals surface area contributed by atoms with Crippen LogP contribution in [-0.2, 0) is 4.79 Å². The van der Waals surface area contributed by atoms with Crippen molar-refractivity contribution in [2.45, 2.75) is 38.5 Å². The predicted octanol–water partition coefficient (Wildman–Crippen LogP) is 5.00. The summed E-state index contributed by atoms with van der Waals surface area (Å²) in [5.41, 5.74) is 2.15. The Morgan fingerprint density at radius 2 is 1.84 bits per heavy atom. The number of Topliss-reactive ketones (excluding diaryl/α,β-unsaturated/α-hetero) is 1. The monoisotopic (exact) mass is 318 g/mol. The zero-order valence-electron chi connectivity index (χ0n) is 11.1. The fraction of sp³-hybridized carbons (Fsp3) is 0.471. The molecule has 100 valence electrons. The van der Waals surface area contributed by atoms with Crippen LogP contribution in [0.15, 0.2) is 34.3 Å². The minimum Gasteiger partial charge on any atom is -0.294 e. The quantitative estimate of drug-likeness (QED) is 0.701. The first-order valence-corrected chi connectivity index (χ1v) is 8.04. The number of allylic oxidation sites excluding steroid dienone is 1. The molecule has 0 unspecified atom stereocenters. The summed E-state index contributed by atoms with van der Waals surface area (Å²) in [7, 11) is 0. The Morgan fingerprint density at radius 1 is 1.11 bits per heavy atom. The molecule has 2 aliphatic carbocycles. The highest BCUT2D eigenvalue weighted by molar-refractivity contribution is 9.10. The molecule has 0 spiro atoms. The van der Waals surface area contributed by atoms with Gasteiger partial charge in [-0.15, -0.1) is 0 Å². The van der Waals surface area contributed by atoms with E-state index in [0.29, 0.717) is 17.6 Å². The van der Waals surface area contributed by atoms with E-state index in [9.17, 15) is 4.79 Å². The number of ketones is 1. The number of halogens is 1. The maximum absolute atomic E-state index is 12.5. The van der Waals surface area contributed by atoms with Gasteiger partial charge in [-0.3, -0.25) is 4.79 Å². The SMILES string of the molecule is O=C1/C(=C/c2ccccc2Br)CC[C@@H]1C1CCCC1. The first-order chi connectivity index (χ1) is 9.25. The molecular weight excluding hydrogens is 300 g/mol. The van der Waals surface area contributed by atoms with Crippen LogP contribution in [0.2, 0.25) is 0 Å². The molecule has 0 radical (unpaired) electrons. The second kappa shape index (κ2) is 5.62. The van der Waals surface area contributed by atoms with E-state index in [0.717, 1.165) is 28.5 Å². The normalized spacial score (nSPS) is 26.5. The van der Waals surface area contributed by atoms with Crippen LogP contribution in [0.4, 0.5) is 0 Å². The van der Waals surface area contributed by atoms with Crippen molar-refractivity contribution in [2.24, 2.45) is 11.8 Å². The van der Waals surface area contributed by atoms with Gasteiger partial charge in [0.1, 0.15) is 0 Å². The minimum atomic E-state index is 0.316. The molecule has 1 nitrogen and oxygen atoms in total. The van der Waals surface area contributed by atoms with E-state index in [1.54, 1.807) is 0 Å². The van der Waals surface area contributed by atoms with Crippen LogP contribution in [0.5, 0.6) is 0 Å². The largest absolute Gasteiger partial charge is 0.294 e. The molecule has 2 heteroatoms. The van der Waals surface area contributed by atoms with E-state index >= 15 is 0 Å². The molecular formula is C17H19BrO. The number of carbonyl (C=O) groups excluding carboxylic acids is 1. The van der Waals surface area contributed by atoms with Gasteiger partial charge < -0.3 is 0 Å². The van der Waals surface area contributed by atoms with E-state index in [1.807, 2.05) is 18.2 Å². The van der Waals surface area contributed by atoms with Crippen molar-refractivity contribution in [1.82, 2.24) is 0 Å². The second-order valence-corrected chi connectivity index (χ2v) is 6.60. The molecule has 1 atom stereocenters. The van der Waals surface area contributed by atoms with E-state index in [2.05, 4.69) is 28.1 Å². The van der Waals surface area contributed by atoms with Gasteiger partial charge in [0.2, 0.25) is 0 Å². The number of hydrogen-bond acceptors (Lipinski definition) is 1. The molecule has 2 fully saturated rings. The maximum Gasteiger partial charge on any atom is 0.162 e. The zero-order valence-corrected chi connectivity index (χ0v) is 12.7. The third-order valence-electron chi connectivity index (χ3n) is 4.58. The van der Waals surface area contributed by atoms with Gasteiger partial charge in [-0.2, -0.15) is 0 Å². The highest BCUT2D eigenvalue weighted by atomic mass is 79.9. The van der Waals surface area contributed by atoms with Crippen molar-refractivity contribution in [3.63, 3.8) is 0 Å². The van der Waals surface area contributed by atoms with Crippen molar-refractivity contribution >= 4 is 27.8 Å². The van der Waals surface area contributed by atoms with Crippen LogP contribution in [-0.4, -0.2) is 5.78 Å². The average Bonchev–Trinajstić information content (AvgIpc) is 3.03. The Labute approximate surface area is 123 Å². The fourth-order valence-corrected chi connectivity index (χ4v) is 3.94. The molecule has 0 aromatic heterocycles. The first kappa shape index (κ1) is 13.1. The van der Waals surface area contributed by atoms with Crippen LogP contribution in [0.25, 0.3) is 6.08 Å². The van der Waals surface area contributed by atoms with Gasteiger partial charge in [0.05, 0.1) is 0 Å². The Kier molecular flexibility index (Phi) is 3.88. The van der Waals surface area contributed by atoms with Gasteiger partial charge >= 0.3 is 0 Å². The summed E-state index contributed by atoms with van der Waals surface area (Å²) >= 11 is 3.55. The lowest BCUT2D eigenvalue weighted by Gasteiger charge is -2.15. The molecule has 0 N–H and O–H groups in total. The highest BCUT2D eigenvalue weighted by Gasteiger charge is 2.36. The van der Waals surface area contributed by atoms with Crippen LogP contribution < -0.4 is 0 Å². The maximum atomic E-state index is 12.5. The molecule has 3 rings (SSSR count). The van der Waals surface area contributed by atoms with Crippen molar-refractivity contribution in [3.8, 4) is 0 Å². The zero-order chi connectivity index (χ0) is 13.2. The van der Waals surface area contributed by atoms with Gasteiger partial charge in [-0.25, -0.2) is 0 Å². The molecule has 1 aromatic rings. The van der Waals surface area contributed by atoms with Crippen molar-refractivity contribution < 1.29 is 4.79 Å². The lowest BCUT2D eigenvalue weighted by Crippen LogP contribution is -2.16. The van der Waals surface area contributed by atoms with E-state index in [1.165, 1.54) is 25.7 Å². The van der Waals surface area contributed by atoms with Gasteiger partial charge in [0.15, 0.2) is 5.78 Å². The van der Waals surface area contributed by atoms with E-state index in [4.69, 9.17) is 0 Å². The Balaban J connectivity index is 1.80. The highest BCUT2D eigenvalue weighted by Crippen LogP contribution is 2.41. The Bertz CT molecular complexity index is 512. The molecule has 0 heterocycles. The lowest BCUT2D eigenvalue weighted by molar-refractivity contribution is -0.119. The third-order valence-corrected chi connectivity index (χ3v) is 5.30. The van der Waals surface area contributed by atoms with Gasteiger partial charge in [-0.1, -0.05) is 47.0 Å². The first-order valence-electron chi connectivity index (χ1n) is 7.25. The number of hydrogen-bond donors (Lipinski definition) is 0. The summed E-state index contributed by atoms with van der Waals surface area (Å²) < 4.78 is 1.07. The number of carbonyl (C=O) groups is 1. The fourth-order valence-electron chi connectivity index (χ4n) is 3.54. The van der Waals surface area contributed by atoms with Gasteiger partial charge in [0, 0.05) is 10.4 Å². The predicted molar refractivity (Wildman–Crippen MR) is 81.8 cm³/mol. The second-order valence-electron chi connectivity index (χ2n) is 5.75. The van der Waals surface area contributed by atoms with Gasteiger partial charge in [0.25, 0.3) is 0 Å². The summed E-state index contributed by atoms with van der Waals surface area (Å²) in [4.78, 5) is 12.5. The summed E-state index contributed by atoms with van der Waals surface area (Å²) in [6, 6.07) is 8.11. The van der Waals surface area contributed by atoms with Crippen molar-refractivity contribution in [1.29, 1.82) is 0 Å². The summed E-state index contributed by atoms with van der Waals surface area (Å²) in [6.45, 7) is 0. The minimum absolute atomic E-state index is 0.316. The summed E-state index contributed by atoms with van der Waals surface area (Å²) in [6.07, 6.45) is 9.27. The molecule has 0 aliphatic heterocycles. The molecule has 0 amide bonds. The number of benzene rings is 1. The number of rotatable bonds is 2. The molecule has 0 saturated heterocycles. The van der Waals surface area contributed by atoms with Crippen molar-refractivity contribution in [2.75, 3.05) is 0 Å². The van der Waals surface area contributed by atoms with Crippen molar-refractivity contribution in [3.05, 3.63) is 39.9 Å². The summed E-state index contributed by atoms with van der Waals surface area (Å²) in [5.74, 6) is 1.40. The lowest BCUT2D eigenvalue weighted by atomic mass is 9.88. The summed E-state index contributed by atoms with van der Waals surface area (Å²) in [5, 5.41) is 0. The molecule has 1 aromatic carbocycles. The standard InChI is InChI=1S/C17H19BrO/c18-16-8-4-3-7-13(16)11-14-9-10-15(17(14)19)12-5-1-2-6-12/h3-4,7-8,11-12,15H,1-2,5-6,9-10H2/b14-11+/t15-/m1/s1. The smallest absolute Gasteiger partial charge is 0.162 e. The van der Waals surface area contributed by atoms with Gasteiger partial charge in [-0.05, 0) is 54.9 Å². The van der Waals surface area contributed by atoms with Crippen LogP contribution in [0.3, 0.4) is 0 Å². The van der Waals surface area contributed by atoms with Crippen LogP contribution >= 0.6 is 15.9 Å². The molecule has 19 heavy (non-hydrogen) atoms. The van der Waals surface area contributed by atoms with E-state index in [-0.39, 0.29) is 0 Å².